The smallest absolute Gasteiger partial charge is 0.271 e. The molecule has 0 radical (unpaired) electrons. The van der Waals surface area contributed by atoms with Crippen LogP contribution < -0.4 is 5.69 Å². The Morgan fingerprint density at radius 2 is 1.83 bits per heavy atom. The SMILES string of the molecule is O=c1n(C2CC3(CC3)C2)nc2n1[C@H](c1cc(F)cc(F)c1)CC2. The number of rotatable bonds is 2. The van der Waals surface area contributed by atoms with Crippen LogP contribution in [0.2, 0.25) is 0 Å². The monoisotopic (exact) mass is 317 g/mol. The molecule has 2 saturated carbocycles. The van der Waals surface area contributed by atoms with E-state index in [2.05, 4.69) is 5.10 Å². The van der Waals surface area contributed by atoms with E-state index >= 15 is 0 Å². The molecular weight excluding hydrogens is 300 g/mol. The summed E-state index contributed by atoms with van der Waals surface area (Å²) in [7, 11) is 0. The molecule has 3 aliphatic rings. The van der Waals surface area contributed by atoms with Crippen LogP contribution >= 0.6 is 0 Å². The van der Waals surface area contributed by atoms with E-state index in [1.807, 2.05) is 0 Å². The lowest BCUT2D eigenvalue weighted by Gasteiger charge is -2.35. The summed E-state index contributed by atoms with van der Waals surface area (Å²) in [5.74, 6) is -0.478. The predicted octanol–water partition coefficient (Wildman–Crippen LogP) is 2.97. The molecule has 1 aliphatic heterocycles. The van der Waals surface area contributed by atoms with Gasteiger partial charge in [-0.05, 0) is 55.2 Å². The second-order valence-corrected chi connectivity index (χ2v) is 7.33. The van der Waals surface area contributed by atoms with Crippen molar-refractivity contribution < 1.29 is 8.78 Å². The molecule has 0 N–H and O–H groups in total. The van der Waals surface area contributed by atoms with E-state index in [-0.39, 0.29) is 17.8 Å². The molecule has 4 nitrogen and oxygen atoms in total. The molecule has 1 aromatic heterocycles. The van der Waals surface area contributed by atoms with Gasteiger partial charge in [-0.25, -0.2) is 18.3 Å². The Bertz CT molecular complexity index is 837. The molecule has 1 atom stereocenters. The summed E-state index contributed by atoms with van der Waals surface area (Å²) in [4.78, 5) is 12.8. The first-order chi connectivity index (χ1) is 11.0. The first-order valence-electron chi connectivity index (χ1n) is 8.21. The maximum Gasteiger partial charge on any atom is 0.346 e. The standard InChI is InChI=1S/C17H17F2N3O/c18-11-5-10(6-12(19)7-11)14-1-2-15-20-22(16(23)21(14)15)13-8-17(9-13)3-4-17/h5-7,13-14H,1-4,8-9H2/t14-/m0/s1. The fourth-order valence-electron chi connectivity index (χ4n) is 4.33. The average Bonchev–Trinajstić information content (AvgIpc) is 3.05. The molecule has 2 heterocycles. The fraction of sp³-hybridized carbons (Fsp3) is 0.529. The highest BCUT2D eigenvalue weighted by atomic mass is 19.1. The summed E-state index contributed by atoms with van der Waals surface area (Å²) < 4.78 is 30.2. The molecular formula is C17H17F2N3O. The maximum atomic E-state index is 13.5. The number of hydrogen-bond acceptors (Lipinski definition) is 2. The zero-order valence-corrected chi connectivity index (χ0v) is 12.6. The topological polar surface area (TPSA) is 39.8 Å². The van der Waals surface area contributed by atoms with Crippen molar-refractivity contribution in [2.75, 3.05) is 0 Å². The van der Waals surface area contributed by atoms with Crippen molar-refractivity contribution in [1.82, 2.24) is 14.3 Å². The third-order valence-corrected chi connectivity index (χ3v) is 5.77. The summed E-state index contributed by atoms with van der Waals surface area (Å²) >= 11 is 0. The highest BCUT2D eigenvalue weighted by molar-refractivity contribution is 5.25. The van der Waals surface area contributed by atoms with Gasteiger partial charge in [-0.15, -0.1) is 0 Å². The van der Waals surface area contributed by atoms with Crippen molar-refractivity contribution in [1.29, 1.82) is 0 Å². The molecule has 2 fully saturated rings. The summed E-state index contributed by atoms with van der Waals surface area (Å²) in [6, 6.07) is 3.37. The molecule has 5 rings (SSSR count). The van der Waals surface area contributed by atoms with Crippen molar-refractivity contribution in [3.63, 3.8) is 0 Å². The van der Waals surface area contributed by atoms with Crippen LogP contribution in [0.25, 0.3) is 0 Å². The molecule has 0 saturated heterocycles. The molecule has 2 aromatic rings. The second-order valence-electron chi connectivity index (χ2n) is 7.33. The Labute approximate surface area is 131 Å². The van der Waals surface area contributed by atoms with Gasteiger partial charge in [-0.1, -0.05) is 0 Å². The van der Waals surface area contributed by atoms with Gasteiger partial charge in [0, 0.05) is 12.5 Å². The van der Waals surface area contributed by atoms with E-state index in [9.17, 15) is 13.6 Å². The molecule has 0 amide bonds. The van der Waals surface area contributed by atoms with Crippen LogP contribution in [0.15, 0.2) is 23.0 Å². The number of hydrogen-bond donors (Lipinski definition) is 0. The maximum absolute atomic E-state index is 13.5. The Balaban J connectivity index is 1.52. The molecule has 0 bridgehead atoms. The van der Waals surface area contributed by atoms with E-state index in [1.165, 1.54) is 25.0 Å². The van der Waals surface area contributed by atoms with Gasteiger partial charge in [0.05, 0.1) is 12.1 Å². The van der Waals surface area contributed by atoms with Crippen molar-refractivity contribution in [2.45, 2.75) is 50.6 Å². The minimum atomic E-state index is -0.608. The van der Waals surface area contributed by atoms with Gasteiger partial charge >= 0.3 is 5.69 Å². The highest BCUT2D eigenvalue weighted by Gasteiger charge is 2.54. The largest absolute Gasteiger partial charge is 0.346 e. The number of benzene rings is 1. The van der Waals surface area contributed by atoms with Crippen LogP contribution in [0.1, 0.15) is 55.6 Å². The lowest BCUT2D eigenvalue weighted by Crippen LogP contribution is -2.37. The summed E-state index contributed by atoms with van der Waals surface area (Å²) in [5.41, 5.74) is 0.881. The van der Waals surface area contributed by atoms with Gasteiger partial charge in [-0.2, -0.15) is 5.10 Å². The quantitative estimate of drug-likeness (QED) is 0.854. The molecule has 0 unspecified atom stereocenters. The predicted molar refractivity (Wildman–Crippen MR) is 79.2 cm³/mol. The molecule has 2 aliphatic carbocycles. The van der Waals surface area contributed by atoms with Crippen LogP contribution in [0.5, 0.6) is 0 Å². The third-order valence-electron chi connectivity index (χ3n) is 5.77. The zero-order valence-electron chi connectivity index (χ0n) is 12.6. The number of fused-ring (bicyclic) bond motifs is 1. The van der Waals surface area contributed by atoms with E-state index in [4.69, 9.17) is 0 Å². The second kappa shape index (κ2) is 4.30. The van der Waals surface area contributed by atoms with Crippen LogP contribution in [0.4, 0.5) is 8.78 Å². The highest BCUT2D eigenvalue weighted by Crippen LogP contribution is 2.64. The molecule has 120 valence electrons. The third kappa shape index (κ3) is 1.93. The Morgan fingerprint density at radius 1 is 1.13 bits per heavy atom. The van der Waals surface area contributed by atoms with Crippen molar-refractivity contribution in [2.24, 2.45) is 5.41 Å². The molecule has 6 heteroatoms. The first kappa shape index (κ1) is 13.5. The summed E-state index contributed by atoms with van der Waals surface area (Å²) in [5, 5.41) is 4.51. The number of aryl methyl sites for hydroxylation is 1. The van der Waals surface area contributed by atoms with E-state index < -0.39 is 11.6 Å². The first-order valence-corrected chi connectivity index (χ1v) is 8.21. The normalized spacial score (nSPS) is 24.7. The molecule has 1 aromatic carbocycles. The van der Waals surface area contributed by atoms with Crippen LogP contribution in [0, 0.1) is 17.0 Å². The Kier molecular flexibility index (Phi) is 2.52. The lowest BCUT2D eigenvalue weighted by atomic mass is 9.77. The van der Waals surface area contributed by atoms with Gasteiger partial charge < -0.3 is 0 Å². The van der Waals surface area contributed by atoms with Crippen LogP contribution in [-0.4, -0.2) is 14.3 Å². The van der Waals surface area contributed by atoms with E-state index in [0.717, 1.165) is 24.7 Å². The average molecular weight is 317 g/mol. The minimum Gasteiger partial charge on any atom is -0.271 e. The van der Waals surface area contributed by atoms with Gasteiger partial charge in [0.1, 0.15) is 17.5 Å². The number of nitrogens with zero attached hydrogens (tertiary/aromatic N) is 3. The van der Waals surface area contributed by atoms with Crippen molar-refractivity contribution >= 4 is 0 Å². The Hall–Kier alpha value is -1.98. The lowest BCUT2D eigenvalue weighted by molar-refractivity contribution is 0.155. The summed E-state index contributed by atoms with van der Waals surface area (Å²) in [6.45, 7) is 0. The van der Waals surface area contributed by atoms with Gasteiger partial charge in [0.15, 0.2) is 0 Å². The summed E-state index contributed by atoms with van der Waals surface area (Å²) in [6.07, 6.45) is 5.97. The van der Waals surface area contributed by atoms with Crippen LogP contribution in [0.3, 0.4) is 0 Å². The zero-order chi connectivity index (χ0) is 15.8. The van der Waals surface area contributed by atoms with Gasteiger partial charge in [0.2, 0.25) is 0 Å². The van der Waals surface area contributed by atoms with Crippen molar-refractivity contribution in [3.05, 3.63) is 51.7 Å². The van der Waals surface area contributed by atoms with Crippen molar-refractivity contribution in [3.8, 4) is 0 Å². The van der Waals surface area contributed by atoms with Gasteiger partial charge in [0.25, 0.3) is 0 Å². The number of halogens is 2. The Morgan fingerprint density at radius 3 is 2.48 bits per heavy atom. The van der Waals surface area contributed by atoms with Crippen LogP contribution in [-0.2, 0) is 6.42 Å². The van der Waals surface area contributed by atoms with E-state index in [0.29, 0.717) is 23.8 Å². The molecule has 23 heavy (non-hydrogen) atoms. The van der Waals surface area contributed by atoms with E-state index in [1.54, 1.807) is 9.25 Å². The minimum absolute atomic E-state index is 0.132. The molecule has 1 spiro atoms. The van der Waals surface area contributed by atoms with Gasteiger partial charge in [-0.3, -0.25) is 4.57 Å². The number of aromatic nitrogens is 3. The fourth-order valence-corrected chi connectivity index (χ4v) is 4.33.